The van der Waals surface area contributed by atoms with Gasteiger partial charge in [0, 0.05) is 5.56 Å². The first-order valence-electron chi connectivity index (χ1n) is 7.66. The van der Waals surface area contributed by atoms with Crippen LogP contribution in [0, 0.1) is 6.92 Å². The summed E-state index contributed by atoms with van der Waals surface area (Å²) in [5.41, 5.74) is 2.80. The Balaban J connectivity index is 1.96. The molecule has 0 aliphatic heterocycles. The molecule has 24 heavy (non-hydrogen) atoms. The van der Waals surface area contributed by atoms with E-state index in [1.165, 1.54) is 24.4 Å². The van der Waals surface area contributed by atoms with Crippen LogP contribution in [0.5, 0.6) is 0 Å². The summed E-state index contributed by atoms with van der Waals surface area (Å²) in [6, 6.07) is 11.7. The molecule has 0 amide bonds. The number of nitrogens with zero attached hydrogens (tertiary/aromatic N) is 4. The molecule has 0 radical (unpaired) electrons. The van der Waals surface area contributed by atoms with Gasteiger partial charge in [-0.05, 0) is 25.5 Å². The zero-order valence-electron chi connectivity index (χ0n) is 13.8. The Morgan fingerprint density at radius 3 is 2.62 bits per heavy atom. The van der Waals surface area contributed by atoms with E-state index in [1.807, 2.05) is 50.2 Å². The summed E-state index contributed by atoms with van der Waals surface area (Å²) >= 11 is 1.38. The van der Waals surface area contributed by atoms with Gasteiger partial charge in [0.25, 0.3) is 0 Å². The SMILES string of the molecule is CC[C@@H](Sc1ccc2nnc(-c3ccc(C)cc3)n2n1)C(=O)OC. The van der Waals surface area contributed by atoms with Gasteiger partial charge < -0.3 is 4.74 Å². The second-order valence-corrected chi connectivity index (χ2v) is 6.59. The Morgan fingerprint density at radius 2 is 1.96 bits per heavy atom. The molecule has 0 aliphatic rings. The molecule has 124 valence electrons. The van der Waals surface area contributed by atoms with Crippen LogP contribution in [0.25, 0.3) is 17.0 Å². The molecule has 0 spiro atoms. The largest absolute Gasteiger partial charge is 0.468 e. The van der Waals surface area contributed by atoms with Crippen LogP contribution < -0.4 is 0 Å². The summed E-state index contributed by atoms with van der Waals surface area (Å²) in [5, 5.41) is 13.4. The molecule has 0 aliphatic carbocycles. The Kier molecular flexibility index (Phi) is 4.80. The number of ether oxygens (including phenoxy) is 1. The van der Waals surface area contributed by atoms with Gasteiger partial charge in [0.15, 0.2) is 11.5 Å². The summed E-state index contributed by atoms with van der Waals surface area (Å²) in [4.78, 5) is 11.8. The van der Waals surface area contributed by atoms with Crippen molar-refractivity contribution < 1.29 is 9.53 Å². The maximum atomic E-state index is 11.8. The lowest BCUT2D eigenvalue weighted by Crippen LogP contribution is -2.18. The molecule has 0 bridgehead atoms. The fraction of sp³-hybridized carbons (Fsp3) is 0.294. The lowest BCUT2D eigenvalue weighted by molar-refractivity contribution is -0.140. The monoisotopic (exact) mass is 342 g/mol. The molecule has 2 heterocycles. The number of esters is 1. The van der Waals surface area contributed by atoms with Gasteiger partial charge in [0.2, 0.25) is 0 Å². The number of hydrogen-bond donors (Lipinski definition) is 0. The van der Waals surface area contributed by atoms with Crippen LogP contribution in [0.1, 0.15) is 18.9 Å². The first-order chi connectivity index (χ1) is 11.6. The first-order valence-corrected chi connectivity index (χ1v) is 8.54. The van der Waals surface area contributed by atoms with Crippen molar-refractivity contribution >= 4 is 23.4 Å². The van der Waals surface area contributed by atoms with E-state index in [9.17, 15) is 4.79 Å². The predicted molar refractivity (Wildman–Crippen MR) is 92.9 cm³/mol. The van der Waals surface area contributed by atoms with Crippen LogP contribution in [0.15, 0.2) is 41.4 Å². The van der Waals surface area contributed by atoms with E-state index in [0.717, 1.165) is 10.6 Å². The van der Waals surface area contributed by atoms with Crippen molar-refractivity contribution in [3.8, 4) is 11.4 Å². The number of fused-ring (bicyclic) bond motifs is 1. The van der Waals surface area contributed by atoms with Gasteiger partial charge in [-0.3, -0.25) is 4.79 Å². The number of benzene rings is 1. The molecular formula is C17H18N4O2S. The minimum atomic E-state index is -0.278. The smallest absolute Gasteiger partial charge is 0.319 e. The maximum absolute atomic E-state index is 11.8. The van der Waals surface area contributed by atoms with Crippen LogP contribution >= 0.6 is 11.8 Å². The van der Waals surface area contributed by atoms with E-state index in [0.29, 0.717) is 17.9 Å². The van der Waals surface area contributed by atoms with Crippen molar-refractivity contribution in [3.05, 3.63) is 42.0 Å². The number of carbonyl (C=O) groups is 1. The molecule has 2 aromatic heterocycles. The highest BCUT2D eigenvalue weighted by molar-refractivity contribution is 8.00. The topological polar surface area (TPSA) is 69.4 Å². The van der Waals surface area contributed by atoms with Gasteiger partial charge >= 0.3 is 5.97 Å². The number of thioether (sulfide) groups is 1. The number of aromatic nitrogens is 4. The normalized spacial score (nSPS) is 12.3. The molecule has 0 unspecified atom stereocenters. The van der Waals surface area contributed by atoms with Crippen molar-refractivity contribution in [3.63, 3.8) is 0 Å². The fourth-order valence-corrected chi connectivity index (χ4v) is 3.22. The van der Waals surface area contributed by atoms with Crippen LogP contribution in [0.2, 0.25) is 0 Å². The maximum Gasteiger partial charge on any atom is 0.319 e. The number of carbonyl (C=O) groups excluding carboxylic acids is 1. The second kappa shape index (κ2) is 7.00. The van der Waals surface area contributed by atoms with Crippen molar-refractivity contribution in [2.45, 2.75) is 30.5 Å². The Labute approximate surface area is 144 Å². The molecule has 7 heteroatoms. The molecule has 0 fully saturated rings. The van der Waals surface area contributed by atoms with Crippen LogP contribution in [-0.2, 0) is 9.53 Å². The standard InChI is InChI=1S/C17H18N4O2S/c1-4-13(17(22)23-3)24-15-10-9-14-18-19-16(21(14)20-15)12-7-5-11(2)6-8-12/h5-10,13H,4H2,1-3H3/t13-/m1/s1. The lowest BCUT2D eigenvalue weighted by atomic mass is 10.1. The summed E-state index contributed by atoms with van der Waals surface area (Å²) in [6.07, 6.45) is 0.671. The number of methoxy groups -OCH3 is 1. The van der Waals surface area contributed by atoms with Crippen LogP contribution in [0.3, 0.4) is 0 Å². The Bertz CT molecular complexity index is 861. The van der Waals surface area contributed by atoms with Crippen LogP contribution in [-0.4, -0.2) is 38.1 Å². The van der Waals surface area contributed by atoms with Crippen molar-refractivity contribution in [1.29, 1.82) is 0 Å². The van der Waals surface area contributed by atoms with Crippen molar-refractivity contribution in [2.75, 3.05) is 7.11 Å². The molecular weight excluding hydrogens is 324 g/mol. The molecule has 3 aromatic rings. The third-order valence-corrected chi connectivity index (χ3v) is 4.92. The van der Waals surface area contributed by atoms with E-state index in [2.05, 4.69) is 15.3 Å². The molecule has 1 aromatic carbocycles. The van der Waals surface area contributed by atoms with E-state index in [-0.39, 0.29) is 11.2 Å². The van der Waals surface area contributed by atoms with E-state index >= 15 is 0 Å². The highest BCUT2D eigenvalue weighted by Crippen LogP contribution is 2.26. The van der Waals surface area contributed by atoms with Gasteiger partial charge in [0.05, 0.1) is 7.11 Å². The van der Waals surface area contributed by atoms with E-state index in [4.69, 9.17) is 4.74 Å². The number of rotatable bonds is 5. The molecule has 0 saturated carbocycles. The summed E-state index contributed by atoms with van der Waals surface area (Å²) in [5.74, 6) is 0.436. The first kappa shape index (κ1) is 16.4. The summed E-state index contributed by atoms with van der Waals surface area (Å²) in [7, 11) is 1.40. The van der Waals surface area contributed by atoms with Crippen molar-refractivity contribution in [2.24, 2.45) is 0 Å². The van der Waals surface area contributed by atoms with Gasteiger partial charge in [0.1, 0.15) is 10.3 Å². The highest BCUT2D eigenvalue weighted by Gasteiger charge is 2.20. The van der Waals surface area contributed by atoms with Gasteiger partial charge in [-0.15, -0.1) is 10.2 Å². The fourth-order valence-electron chi connectivity index (χ4n) is 2.29. The van der Waals surface area contributed by atoms with E-state index in [1.54, 1.807) is 4.52 Å². The minimum absolute atomic E-state index is 0.244. The zero-order valence-corrected chi connectivity index (χ0v) is 14.6. The third kappa shape index (κ3) is 3.26. The third-order valence-electron chi connectivity index (χ3n) is 3.65. The van der Waals surface area contributed by atoms with Gasteiger partial charge in [-0.2, -0.15) is 9.61 Å². The Morgan fingerprint density at radius 1 is 1.21 bits per heavy atom. The molecule has 1 atom stereocenters. The minimum Gasteiger partial charge on any atom is -0.468 e. The number of aryl methyl sites for hydroxylation is 1. The lowest BCUT2D eigenvalue weighted by Gasteiger charge is -2.11. The van der Waals surface area contributed by atoms with Gasteiger partial charge in [-0.1, -0.05) is 48.5 Å². The molecule has 0 N–H and O–H groups in total. The zero-order chi connectivity index (χ0) is 17.1. The summed E-state index contributed by atoms with van der Waals surface area (Å²) < 4.78 is 6.54. The quantitative estimate of drug-likeness (QED) is 0.524. The van der Waals surface area contributed by atoms with Crippen molar-refractivity contribution in [1.82, 2.24) is 19.8 Å². The molecule has 6 nitrogen and oxygen atoms in total. The van der Waals surface area contributed by atoms with Gasteiger partial charge in [-0.25, -0.2) is 0 Å². The average Bonchev–Trinajstić information content (AvgIpc) is 3.03. The Hall–Kier alpha value is -2.41. The molecule has 3 rings (SSSR count). The predicted octanol–water partition coefficient (Wildman–Crippen LogP) is 3.14. The summed E-state index contributed by atoms with van der Waals surface area (Å²) in [6.45, 7) is 3.99. The second-order valence-electron chi connectivity index (χ2n) is 5.37. The van der Waals surface area contributed by atoms with Crippen LogP contribution in [0.4, 0.5) is 0 Å². The highest BCUT2D eigenvalue weighted by atomic mass is 32.2. The van der Waals surface area contributed by atoms with E-state index < -0.39 is 0 Å². The molecule has 0 saturated heterocycles. The number of hydrogen-bond acceptors (Lipinski definition) is 6. The average molecular weight is 342 g/mol.